The van der Waals surface area contributed by atoms with E-state index in [0.717, 1.165) is 21.4 Å². The molecule has 0 fully saturated rings. The SMILES string of the molecule is COCCN(CC(=O)O)C(=O)C(CCCN=C(N)N)NS(=O)(=O)c1cccc2cc(C)c(C)cc12. The summed E-state index contributed by atoms with van der Waals surface area (Å²) in [5.74, 6) is -2.02. The van der Waals surface area contributed by atoms with Gasteiger partial charge in [-0.15, -0.1) is 0 Å². The Morgan fingerprint density at radius 1 is 1.20 bits per heavy atom. The quantitative estimate of drug-likeness (QED) is 0.174. The summed E-state index contributed by atoms with van der Waals surface area (Å²) in [6.07, 6.45) is 0.344. The summed E-state index contributed by atoms with van der Waals surface area (Å²) in [6, 6.07) is 7.40. The molecule has 0 aliphatic carbocycles. The lowest BCUT2D eigenvalue weighted by Gasteiger charge is -2.26. The molecule has 0 bridgehead atoms. The molecule has 6 N–H and O–H groups in total. The molecule has 1 atom stereocenters. The zero-order valence-electron chi connectivity index (χ0n) is 20.2. The van der Waals surface area contributed by atoms with Crippen LogP contribution in [0.25, 0.3) is 10.8 Å². The van der Waals surface area contributed by atoms with E-state index >= 15 is 0 Å². The van der Waals surface area contributed by atoms with Gasteiger partial charge in [0, 0.05) is 25.6 Å². The van der Waals surface area contributed by atoms with Gasteiger partial charge in [0.05, 0.1) is 11.5 Å². The van der Waals surface area contributed by atoms with Crippen molar-refractivity contribution in [2.24, 2.45) is 16.5 Å². The highest BCUT2D eigenvalue weighted by Gasteiger charge is 2.30. The number of aliphatic imine (C=N–C) groups is 1. The molecule has 35 heavy (non-hydrogen) atoms. The van der Waals surface area contributed by atoms with E-state index in [-0.39, 0.29) is 43.4 Å². The molecule has 192 valence electrons. The lowest BCUT2D eigenvalue weighted by Crippen LogP contribution is -2.50. The van der Waals surface area contributed by atoms with E-state index in [1.807, 2.05) is 26.0 Å². The van der Waals surface area contributed by atoms with Crippen molar-refractivity contribution >= 4 is 38.6 Å². The predicted molar refractivity (Wildman–Crippen MR) is 134 cm³/mol. The first-order chi connectivity index (χ1) is 16.5. The second kappa shape index (κ2) is 12.5. The minimum Gasteiger partial charge on any atom is -0.480 e. The maximum absolute atomic E-state index is 13.5. The van der Waals surface area contributed by atoms with Crippen molar-refractivity contribution in [2.45, 2.75) is 37.6 Å². The molecule has 0 radical (unpaired) electrons. The summed E-state index contributed by atoms with van der Waals surface area (Å²) in [4.78, 5) is 29.6. The van der Waals surface area contributed by atoms with E-state index in [9.17, 15) is 23.1 Å². The van der Waals surface area contributed by atoms with Crippen LogP contribution in [-0.4, -0.2) is 75.7 Å². The molecule has 0 saturated carbocycles. The molecular weight excluding hydrogens is 474 g/mol. The first-order valence-electron chi connectivity index (χ1n) is 11.0. The summed E-state index contributed by atoms with van der Waals surface area (Å²) >= 11 is 0. The number of ether oxygens (including phenoxy) is 1. The highest BCUT2D eigenvalue weighted by Crippen LogP contribution is 2.26. The number of benzene rings is 2. The summed E-state index contributed by atoms with van der Waals surface area (Å²) in [7, 11) is -2.74. The Labute approximate surface area is 205 Å². The van der Waals surface area contributed by atoms with Crippen molar-refractivity contribution in [1.82, 2.24) is 9.62 Å². The largest absolute Gasteiger partial charge is 0.480 e. The van der Waals surface area contributed by atoms with Crippen molar-refractivity contribution in [1.29, 1.82) is 0 Å². The lowest BCUT2D eigenvalue weighted by molar-refractivity contribution is -0.145. The fourth-order valence-corrected chi connectivity index (χ4v) is 5.04. The molecule has 1 amide bonds. The molecule has 0 heterocycles. The van der Waals surface area contributed by atoms with Crippen molar-refractivity contribution < 1.29 is 27.9 Å². The van der Waals surface area contributed by atoms with Gasteiger partial charge in [-0.3, -0.25) is 14.6 Å². The number of carbonyl (C=O) groups excluding carboxylic acids is 1. The third-order valence-electron chi connectivity index (χ3n) is 5.49. The Kier molecular flexibility index (Phi) is 9.99. The number of nitrogens with one attached hydrogen (secondary N) is 1. The van der Waals surface area contributed by atoms with E-state index in [0.29, 0.717) is 5.39 Å². The average molecular weight is 508 g/mol. The highest BCUT2D eigenvalue weighted by atomic mass is 32.2. The smallest absolute Gasteiger partial charge is 0.323 e. The maximum atomic E-state index is 13.5. The third-order valence-corrected chi connectivity index (χ3v) is 7.02. The van der Waals surface area contributed by atoms with Gasteiger partial charge in [-0.05, 0) is 55.3 Å². The van der Waals surface area contributed by atoms with Crippen LogP contribution in [0, 0.1) is 13.8 Å². The number of nitrogens with two attached hydrogens (primary N) is 2. The number of carbonyl (C=O) groups is 2. The molecule has 0 aliphatic rings. The van der Waals surface area contributed by atoms with E-state index in [1.54, 1.807) is 12.1 Å². The van der Waals surface area contributed by atoms with Crippen LogP contribution in [0.3, 0.4) is 0 Å². The summed E-state index contributed by atoms with van der Waals surface area (Å²) < 4.78 is 34.4. The lowest BCUT2D eigenvalue weighted by atomic mass is 10.0. The van der Waals surface area contributed by atoms with Crippen LogP contribution < -0.4 is 16.2 Å². The standard InChI is InChI=1S/C23H33N5O6S/c1-15-12-17-6-4-8-20(18(17)13-16(15)2)35(32,33)27-19(7-5-9-26-23(24)25)22(31)28(10-11-34-3)14-21(29)30/h4,6,8,12-13,19,27H,5,7,9-11,14H2,1-3H3,(H,29,30)(H4,24,25,26). The van der Waals surface area contributed by atoms with Crippen LogP contribution in [-0.2, 0) is 24.3 Å². The molecule has 12 heteroatoms. The summed E-state index contributed by atoms with van der Waals surface area (Å²) in [5, 5.41) is 10.5. The molecule has 2 rings (SSSR count). The van der Waals surface area contributed by atoms with Crippen LogP contribution >= 0.6 is 0 Å². The van der Waals surface area contributed by atoms with E-state index < -0.39 is 34.5 Å². The molecule has 0 saturated heterocycles. The number of amides is 1. The van der Waals surface area contributed by atoms with Crippen molar-refractivity contribution in [2.75, 3.05) is 33.4 Å². The van der Waals surface area contributed by atoms with Gasteiger partial charge in [-0.1, -0.05) is 18.2 Å². The van der Waals surface area contributed by atoms with Gasteiger partial charge in [-0.25, -0.2) is 8.42 Å². The number of hydrogen-bond acceptors (Lipinski definition) is 6. The van der Waals surface area contributed by atoms with Crippen LogP contribution in [0.15, 0.2) is 40.2 Å². The third kappa shape index (κ3) is 7.91. The molecule has 11 nitrogen and oxygen atoms in total. The zero-order valence-corrected chi connectivity index (χ0v) is 21.0. The molecule has 0 aromatic heterocycles. The second-order valence-electron chi connectivity index (χ2n) is 8.18. The molecule has 2 aromatic carbocycles. The Hall–Kier alpha value is -3.22. The first kappa shape index (κ1) is 28.0. The minimum atomic E-state index is -4.16. The van der Waals surface area contributed by atoms with Crippen LogP contribution in [0.2, 0.25) is 0 Å². The molecule has 2 aromatic rings. The van der Waals surface area contributed by atoms with Crippen molar-refractivity contribution in [3.8, 4) is 0 Å². The van der Waals surface area contributed by atoms with E-state index in [2.05, 4.69) is 9.71 Å². The van der Waals surface area contributed by atoms with Crippen molar-refractivity contribution in [3.05, 3.63) is 41.5 Å². The van der Waals surface area contributed by atoms with Gasteiger partial charge in [0.15, 0.2) is 5.96 Å². The van der Waals surface area contributed by atoms with E-state index in [1.165, 1.54) is 13.2 Å². The van der Waals surface area contributed by atoms with Crippen molar-refractivity contribution in [3.63, 3.8) is 0 Å². The van der Waals surface area contributed by atoms with Gasteiger partial charge in [0.2, 0.25) is 15.9 Å². The fraction of sp³-hybridized carbons (Fsp3) is 0.435. The van der Waals surface area contributed by atoms with Gasteiger partial charge in [0.25, 0.3) is 0 Å². The number of fused-ring (bicyclic) bond motifs is 1. The summed E-state index contributed by atoms with van der Waals surface area (Å²) in [6.45, 7) is 3.49. The molecule has 0 aliphatic heterocycles. The normalized spacial score (nSPS) is 12.3. The number of guanidine groups is 1. The van der Waals surface area contributed by atoms with Crippen LogP contribution in [0.5, 0.6) is 0 Å². The Morgan fingerprint density at radius 2 is 1.89 bits per heavy atom. The number of sulfonamides is 1. The van der Waals surface area contributed by atoms with Crippen LogP contribution in [0.1, 0.15) is 24.0 Å². The maximum Gasteiger partial charge on any atom is 0.323 e. The minimum absolute atomic E-state index is 0.0134. The Bertz CT molecular complexity index is 1190. The average Bonchev–Trinajstić information content (AvgIpc) is 2.78. The van der Waals surface area contributed by atoms with E-state index in [4.69, 9.17) is 16.2 Å². The number of methoxy groups -OCH3 is 1. The molecule has 0 spiro atoms. The number of rotatable bonds is 13. The predicted octanol–water partition coefficient (Wildman–Crippen LogP) is 0.717. The monoisotopic (exact) mass is 507 g/mol. The van der Waals surface area contributed by atoms with Gasteiger partial charge in [0.1, 0.15) is 12.6 Å². The Balaban J connectivity index is 2.43. The second-order valence-corrected chi connectivity index (χ2v) is 9.87. The van der Waals surface area contributed by atoms with Gasteiger partial charge in [-0.2, -0.15) is 4.72 Å². The molecule has 1 unspecified atom stereocenters. The Morgan fingerprint density at radius 3 is 2.51 bits per heavy atom. The topological polar surface area (TPSA) is 177 Å². The zero-order chi connectivity index (χ0) is 26.2. The number of carboxylic acids is 1. The first-order valence-corrected chi connectivity index (χ1v) is 12.5. The number of aryl methyl sites for hydroxylation is 2. The number of hydrogen-bond donors (Lipinski definition) is 4. The number of aliphatic carboxylic acids is 1. The van der Waals surface area contributed by atoms with Gasteiger partial charge >= 0.3 is 5.97 Å². The number of nitrogens with zero attached hydrogens (tertiary/aromatic N) is 2. The van der Waals surface area contributed by atoms with Crippen LogP contribution in [0.4, 0.5) is 0 Å². The van der Waals surface area contributed by atoms with Gasteiger partial charge < -0.3 is 26.2 Å². The molecular formula is C23H33N5O6S. The fourth-order valence-electron chi connectivity index (χ4n) is 3.59. The summed E-state index contributed by atoms with van der Waals surface area (Å²) in [5.41, 5.74) is 12.6. The highest BCUT2D eigenvalue weighted by molar-refractivity contribution is 7.89. The number of carboxylic acid groups (broad SMARTS) is 1.